The molecule has 0 radical (unpaired) electrons. The van der Waals surface area contributed by atoms with Crippen LogP contribution < -0.4 is 11.5 Å². The van der Waals surface area contributed by atoms with Gasteiger partial charge in [0.1, 0.15) is 6.04 Å². The molecule has 1 aromatic rings. The minimum atomic E-state index is -1.04. The third kappa shape index (κ3) is 2.73. The van der Waals surface area contributed by atoms with Crippen molar-refractivity contribution >= 4 is 23.4 Å². The summed E-state index contributed by atoms with van der Waals surface area (Å²) in [7, 11) is 0. The Bertz CT molecular complexity index is 672. The van der Waals surface area contributed by atoms with Crippen LogP contribution in [0.3, 0.4) is 0 Å². The van der Waals surface area contributed by atoms with E-state index in [1.54, 1.807) is 0 Å². The van der Waals surface area contributed by atoms with Gasteiger partial charge in [-0.05, 0) is 12.5 Å². The second-order valence-electron chi connectivity index (χ2n) is 4.92. The number of nitrogens with two attached hydrogens (primary N) is 2. The molecule has 1 atom stereocenters. The predicted molar refractivity (Wildman–Crippen MR) is 74.4 cm³/mol. The zero-order chi connectivity index (χ0) is 16.4. The molecular formula is C13H14N4O5. The number of carbonyl (C=O) groups is 3. The second-order valence-corrected chi connectivity index (χ2v) is 4.92. The van der Waals surface area contributed by atoms with Crippen LogP contribution in [0.5, 0.6) is 0 Å². The number of nitrogens with zero attached hydrogens (tertiary/aromatic N) is 2. The van der Waals surface area contributed by atoms with Crippen LogP contribution in [0, 0.1) is 10.1 Å². The Morgan fingerprint density at radius 1 is 1.36 bits per heavy atom. The molecule has 4 N–H and O–H groups in total. The van der Waals surface area contributed by atoms with E-state index in [2.05, 4.69) is 0 Å². The molecule has 1 heterocycles. The first-order chi connectivity index (χ1) is 10.3. The van der Waals surface area contributed by atoms with E-state index in [4.69, 9.17) is 11.5 Å². The van der Waals surface area contributed by atoms with Crippen LogP contribution in [0.1, 0.15) is 28.8 Å². The molecular weight excluding hydrogens is 292 g/mol. The van der Waals surface area contributed by atoms with Crippen LogP contribution >= 0.6 is 0 Å². The van der Waals surface area contributed by atoms with Gasteiger partial charge in [0, 0.05) is 12.5 Å². The molecule has 0 saturated heterocycles. The van der Waals surface area contributed by atoms with E-state index in [1.807, 2.05) is 0 Å². The zero-order valence-electron chi connectivity index (χ0n) is 11.5. The van der Waals surface area contributed by atoms with E-state index < -0.39 is 28.7 Å². The summed E-state index contributed by atoms with van der Waals surface area (Å²) in [4.78, 5) is 46.3. The number of benzene rings is 1. The Morgan fingerprint density at radius 2 is 2.05 bits per heavy atom. The molecule has 1 aromatic carbocycles. The van der Waals surface area contributed by atoms with E-state index in [-0.39, 0.29) is 36.2 Å². The fourth-order valence-corrected chi connectivity index (χ4v) is 2.49. The average Bonchev–Trinajstić information content (AvgIpc) is 2.76. The van der Waals surface area contributed by atoms with Crippen molar-refractivity contribution in [3.63, 3.8) is 0 Å². The van der Waals surface area contributed by atoms with Gasteiger partial charge in [-0.15, -0.1) is 0 Å². The summed E-state index contributed by atoms with van der Waals surface area (Å²) in [6, 6.07) is 3.11. The molecule has 0 aliphatic carbocycles. The van der Waals surface area contributed by atoms with Crippen LogP contribution in [0.4, 0.5) is 5.69 Å². The van der Waals surface area contributed by atoms with E-state index in [1.165, 1.54) is 18.2 Å². The number of amides is 3. The highest BCUT2D eigenvalue weighted by molar-refractivity contribution is 6.02. The molecule has 9 nitrogen and oxygen atoms in total. The maximum absolute atomic E-state index is 12.3. The lowest BCUT2D eigenvalue weighted by Gasteiger charge is -2.24. The fraction of sp³-hybridized carbons (Fsp3) is 0.308. The molecule has 1 aliphatic rings. The summed E-state index contributed by atoms with van der Waals surface area (Å²) < 4.78 is 0. The molecule has 0 aromatic heterocycles. The van der Waals surface area contributed by atoms with Crippen molar-refractivity contribution in [2.24, 2.45) is 11.5 Å². The molecule has 1 aliphatic heterocycles. The van der Waals surface area contributed by atoms with Crippen molar-refractivity contribution < 1.29 is 19.3 Å². The monoisotopic (exact) mass is 306 g/mol. The number of fused-ring (bicyclic) bond motifs is 1. The van der Waals surface area contributed by atoms with Crippen molar-refractivity contribution in [3.8, 4) is 0 Å². The number of carbonyl (C=O) groups excluding carboxylic acids is 3. The van der Waals surface area contributed by atoms with Gasteiger partial charge >= 0.3 is 0 Å². The van der Waals surface area contributed by atoms with Crippen LogP contribution in [-0.4, -0.2) is 33.6 Å². The van der Waals surface area contributed by atoms with Gasteiger partial charge in [0.25, 0.3) is 11.6 Å². The van der Waals surface area contributed by atoms with Gasteiger partial charge in [0.05, 0.1) is 22.6 Å². The summed E-state index contributed by atoms with van der Waals surface area (Å²) in [6.07, 6.45) is -0.131. The van der Waals surface area contributed by atoms with E-state index in [0.717, 1.165) is 4.90 Å². The second kappa shape index (κ2) is 5.80. The summed E-state index contributed by atoms with van der Waals surface area (Å²) in [5.74, 6) is -1.93. The van der Waals surface area contributed by atoms with E-state index in [9.17, 15) is 24.5 Å². The lowest BCUT2D eigenvalue weighted by molar-refractivity contribution is -0.385. The standard InChI is InChI=1S/C13H14N4O5/c14-11(18)5-4-10(12(15)19)16-6-8-7(13(16)20)2-1-3-9(8)17(21)22/h1-3,10H,4-6H2,(H2,14,18)(H2,15,19)/t10-/m0/s1. The normalized spacial score (nSPS) is 14.5. The molecule has 0 fully saturated rings. The highest BCUT2D eigenvalue weighted by Crippen LogP contribution is 2.32. The number of nitro benzene ring substituents is 1. The number of hydrogen-bond donors (Lipinski definition) is 2. The van der Waals surface area contributed by atoms with Gasteiger partial charge < -0.3 is 16.4 Å². The Kier molecular flexibility index (Phi) is 4.06. The van der Waals surface area contributed by atoms with Crippen molar-refractivity contribution in [2.75, 3.05) is 0 Å². The van der Waals surface area contributed by atoms with Gasteiger partial charge in [0.2, 0.25) is 11.8 Å². The van der Waals surface area contributed by atoms with Gasteiger partial charge in [-0.3, -0.25) is 24.5 Å². The van der Waals surface area contributed by atoms with Crippen molar-refractivity contribution in [1.29, 1.82) is 0 Å². The smallest absolute Gasteiger partial charge is 0.275 e. The topological polar surface area (TPSA) is 150 Å². The summed E-state index contributed by atoms with van der Waals surface area (Å²) >= 11 is 0. The van der Waals surface area contributed by atoms with Crippen molar-refractivity contribution in [2.45, 2.75) is 25.4 Å². The number of rotatable bonds is 6. The van der Waals surface area contributed by atoms with Crippen LogP contribution in [0.2, 0.25) is 0 Å². The van der Waals surface area contributed by atoms with Crippen molar-refractivity contribution in [1.82, 2.24) is 4.90 Å². The lowest BCUT2D eigenvalue weighted by Crippen LogP contribution is -2.45. The maximum Gasteiger partial charge on any atom is 0.275 e. The third-order valence-electron chi connectivity index (χ3n) is 3.54. The number of nitro groups is 1. The van der Waals surface area contributed by atoms with Crippen LogP contribution in [0.25, 0.3) is 0 Å². The first-order valence-electron chi connectivity index (χ1n) is 6.47. The first kappa shape index (κ1) is 15.4. The molecule has 0 bridgehead atoms. The van der Waals surface area contributed by atoms with Crippen LogP contribution in [0.15, 0.2) is 18.2 Å². The van der Waals surface area contributed by atoms with E-state index in [0.29, 0.717) is 0 Å². The molecule has 0 saturated carbocycles. The molecule has 2 rings (SSSR count). The quantitative estimate of drug-likeness (QED) is 0.545. The first-order valence-corrected chi connectivity index (χ1v) is 6.47. The number of hydrogen-bond acceptors (Lipinski definition) is 5. The molecule has 22 heavy (non-hydrogen) atoms. The maximum atomic E-state index is 12.3. The number of primary amides is 2. The molecule has 9 heteroatoms. The van der Waals surface area contributed by atoms with Gasteiger partial charge in [0.15, 0.2) is 0 Å². The fourth-order valence-electron chi connectivity index (χ4n) is 2.49. The van der Waals surface area contributed by atoms with E-state index >= 15 is 0 Å². The molecule has 0 spiro atoms. The summed E-state index contributed by atoms with van der Waals surface area (Å²) in [6.45, 7) is -0.0995. The Morgan fingerprint density at radius 3 is 2.59 bits per heavy atom. The minimum absolute atomic E-state index is 0.0157. The van der Waals surface area contributed by atoms with Crippen molar-refractivity contribution in [3.05, 3.63) is 39.4 Å². The average molecular weight is 306 g/mol. The largest absolute Gasteiger partial charge is 0.370 e. The van der Waals surface area contributed by atoms with Crippen LogP contribution in [-0.2, 0) is 16.1 Å². The minimum Gasteiger partial charge on any atom is -0.370 e. The third-order valence-corrected chi connectivity index (χ3v) is 3.54. The molecule has 0 unspecified atom stereocenters. The Labute approximate surface area is 125 Å². The highest BCUT2D eigenvalue weighted by atomic mass is 16.6. The SMILES string of the molecule is NC(=O)CC[C@@H](C(N)=O)N1Cc2c(cccc2[N+](=O)[O-])C1=O. The lowest BCUT2D eigenvalue weighted by atomic mass is 10.1. The predicted octanol–water partition coefficient (Wildman–Crippen LogP) is -0.330. The van der Waals surface area contributed by atoms with Gasteiger partial charge in [-0.2, -0.15) is 0 Å². The molecule has 116 valence electrons. The summed E-state index contributed by atoms with van der Waals surface area (Å²) in [5.41, 5.74) is 10.5. The Hall–Kier alpha value is -2.97. The van der Waals surface area contributed by atoms with Gasteiger partial charge in [-0.1, -0.05) is 6.07 Å². The zero-order valence-corrected chi connectivity index (χ0v) is 11.5. The van der Waals surface area contributed by atoms with Gasteiger partial charge in [-0.25, -0.2) is 0 Å². The summed E-state index contributed by atoms with van der Waals surface area (Å²) in [5, 5.41) is 11.0. The molecule has 3 amide bonds. The Balaban J connectivity index is 2.33. The highest BCUT2D eigenvalue weighted by Gasteiger charge is 2.38.